The predicted octanol–water partition coefficient (Wildman–Crippen LogP) is 3.54. The molecule has 10 nitrogen and oxygen atoms in total. The van der Waals surface area contributed by atoms with Gasteiger partial charge < -0.3 is 10.2 Å². The number of anilines is 1. The van der Waals surface area contributed by atoms with Gasteiger partial charge in [0, 0.05) is 24.7 Å². The zero-order valence-electron chi connectivity index (χ0n) is 21.4. The van der Waals surface area contributed by atoms with Crippen molar-refractivity contribution in [1.82, 2.24) is 10.2 Å². The maximum atomic E-state index is 13.6. The van der Waals surface area contributed by atoms with Gasteiger partial charge in [-0.2, -0.15) is 0 Å². The molecule has 0 aromatic heterocycles. The minimum absolute atomic E-state index is 0.000124. The lowest BCUT2D eigenvalue weighted by Crippen LogP contribution is -2.53. The molecule has 11 heteroatoms. The maximum Gasteiger partial charge on any atom is 0.271 e. The van der Waals surface area contributed by atoms with Crippen LogP contribution in [0.2, 0.25) is 0 Å². The molecule has 1 aliphatic rings. The standard InChI is InChI=1S/C26H34N4O6S/c1-19-9-7-10-21(15-19)17-28(20(2)26(32)27-22-11-5-4-6-12-22)25(31)18-29(37(3,35)36)23-13-8-14-24(16-23)30(33)34/h7-10,13-16,20,22H,4-6,11-12,17-18H2,1-3H3,(H,27,32)/t20-/m0/s1. The Hall–Kier alpha value is -3.47. The number of non-ortho nitro benzene ring substituents is 1. The molecule has 0 spiro atoms. The third kappa shape index (κ3) is 7.75. The molecule has 0 unspecified atom stereocenters. The molecule has 3 rings (SSSR count). The van der Waals surface area contributed by atoms with Gasteiger partial charge in [-0.3, -0.25) is 24.0 Å². The van der Waals surface area contributed by atoms with E-state index in [1.54, 1.807) is 6.92 Å². The van der Waals surface area contributed by atoms with Crippen molar-refractivity contribution in [1.29, 1.82) is 0 Å². The highest BCUT2D eigenvalue weighted by molar-refractivity contribution is 7.92. The zero-order valence-corrected chi connectivity index (χ0v) is 22.2. The molecule has 1 saturated carbocycles. The number of amides is 2. The van der Waals surface area contributed by atoms with E-state index in [1.165, 1.54) is 23.1 Å². The molecule has 2 amide bonds. The second-order valence-corrected chi connectivity index (χ2v) is 11.5. The monoisotopic (exact) mass is 530 g/mol. The van der Waals surface area contributed by atoms with E-state index in [9.17, 15) is 28.1 Å². The summed E-state index contributed by atoms with van der Waals surface area (Å²) in [6.45, 7) is 3.05. The first-order chi connectivity index (χ1) is 17.5. The van der Waals surface area contributed by atoms with Crippen LogP contribution in [-0.4, -0.2) is 54.9 Å². The van der Waals surface area contributed by atoms with Crippen LogP contribution >= 0.6 is 0 Å². The number of nitro benzene ring substituents is 1. The van der Waals surface area contributed by atoms with Crippen LogP contribution in [0.4, 0.5) is 11.4 Å². The van der Waals surface area contributed by atoms with Crippen LogP contribution < -0.4 is 9.62 Å². The molecule has 1 aliphatic carbocycles. The highest BCUT2D eigenvalue weighted by Crippen LogP contribution is 2.24. The number of nitrogens with zero attached hydrogens (tertiary/aromatic N) is 3. The van der Waals surface area contributed by atoms with E-state index in [2.05, 4.69) is 5.32 Å². The summed E-state index contributed by atoms with van der Waals surface area (Å²) in [4.78, 5) is 38.8. The van der Waals surface area contributed by atoms with Gasteiger partial charge in [0.25, 0.3) is 5.69 Å². The minimum atomic E-state index is -3.97. The van der Waals surface area contributed by atoms with Crippen molar-refractivity contribution in [3.8, 4) is 0 Å². The van der Waals surface area contributed by atoms with E-state index in [-0.39, 0.29) is 29.9 Å². The van der Waals surface area contributed by atoms with Crippen molar-refractivity contribution in [3.05, 3.63) is 69.8 Å². The summed E-state index contributed by atoms with van der Waals surface area (Å²) >= 11 is 0. The topological polar surface area (TPSA) is 130 Å². The Bertz CT molecular complexity index is 1240. The molecule has 0 bridgehead atoms. The van der Waals surface area contributed by atoms with Gasteiger partial charge in [0.05, 0.1) is 16.9 Å². The van der Waals surface area contributed by atoms with E-state index in [1.807, 2.05) is 31.2 Å². The summed E-state index contributed by atoms with van der Waals surface area (Å²) < 4.78 is 26.1. The summed E-state index contributed by atoms with van der Waals surface area (Å²) in [6, 6.07) is 11.8. The highest BCUT2D eigenvalue weighted by atomic mass is 32.2. The lowest BCUT2D eigenvalue weighted by Gasteiger charge is -2.33. The minimum Gasteiger partial charge on any atom is -0.352 e. The van der Waals surface area contributed by atoms with E-state index in [4.69, 9.17) is 0 Å². The first-order valence-electron chi connectivity index (χ1n) is 12.3. The number of sulfonamides is 1. The van der Waals surface area contributed by atoms with Gasteiger partial charge in [0.2, 0.25) is 21.8 Å². The predicted molar refractivity (Wildman–Crippen MR) is 141 cm³/mol. The van der Waals surface area contributed by atoms with Crippen LogP contribution in [0.15, 0.2) is 48.5 Å². The molecule has 37 heavy (non-hydrogen) atoms. The van der Waals surface area contributed by atoms with Gasteiger partial charge >= 0.3 is 0 Å². The molecule has 1 atom stereocenters. The summed E-state index contributed by atoms with van der Waals surface area (Å²) in [6.07, 6.45) is 5.93. The van der Waals surface area contributed by atoms with Crippen LogP contribution in [0.25, 0.3) is 0 Å². The van der Waals surface area contributed by atoms with Crippen molar-refractivity contribution in [3.63, 3.8) is 0 Å². The Kier molecular flexibility index (Phi) is 9.25. The fourth-order valence-electron chi connectivity index (χ4n) is 4.53. The largest absolute Gasteiger partial charge is 0.352 e. The Balaban J connectivity index is 1.90. The molecule has 2 aromatic rings. The van der Waals surface area contributed by atoms with Gasteiger partial charge in [-0.15, -0.1) is 0 Å². The first kappa shape index (κ1) is 28.1. The Morgan fingerprint density at radius 3 is 2.41 bits per heavy atom. The Morgan fingerprint density at radius 2 is 1.78 bits per heavy atom. The molecule has 2 aromatic carbocycles. The molecular formula is C26H34N4O6S. The van der Waals surface area contributed by atoms with E-state index in [0.717, 1.165) is 59.9 Å². The zero-order chi connectivity index (χ0) is 27.2. The van der Waals surface area contributed by atoms with E-state index < -0.39 is 33.4 Å². The number of hydrogen-bond acceptors (Lipinski definition) is 6. The van der Waals surface area contributed by atoms with Crippen molar-refractivity contribution >= 4 is 33.2 Å². The second kappa shape index (κ2) is 12.2. The summed E-state index contributed by atoms with van der Waals surface area (Å²) in [5, 5.41) is 14.3. The van der Waals surface area contributed by atoms with Crippen LogP contribution in [0.3, 0.4) is 0 Å². The second-order valence-electron chi connectivity index (χ2n) is 9.58. The fraction of sp³-hybridized carbons (Fsp3) is 0.462. The van der Waals surface area contributed by atoms with Gasteiger partial charge in [-0.25, -0.2) is 8.42 Å². The average Bonchev–Trinajstić information content (AvgIpc) is 2.85. The number of nitrogens with one attached hydrogen (secondary N) is 1. The summed E-state index contributed by atoms with van der Waals surface area (Å²) in [7, 11) is -3.97. The molecule has 1 fully saturated rings. The fourth-order valence-corrected chi connectivity index (χ4v) is 5.38. The lowest BCUT2D eigenvalue weighted by molar-refractivity contribution is -0.384. The van der Waals surface area contributed by atoms with Gasteiger partial charge in [0.15, 0.2) is 0 Å². The molecule has 1 N–H and O–H groups in total. The third-order valence-corrected chi connectivity index (χ3v) is 7.70. The molecular weight excluding hydrogens is 496 g/mol. The normalized spacial score (nSPS) is 15.0. The molecule has 0 aliphatic heterocycles. The SMILES string of the molecule is Cc1cccc(CN(C(=O)CN(c2cccc([N+](=O)[O-])c2)S(C)(=O)=O)[C@@H](C)C(=O)NC2CCCCC2)c1. The highest BCUT2D eigenvalue weighted by Gasteiger charge is 2.31. The van der Waals surface area contributed by atoms with Crippen LogP contribution in [0.5, 0.6) is 0 Å². The summed E-state index contributed by atoms with van der Waals surface area (Å²) in [5.74, 6) is -0.890. The van der Waals surface area contributed by atoms with E-state index in [0.29, 0.717) is 0 Å². The number of rotatable bonds is 10. The van der Waals surface area contributed by atoms with Gasteiger partial charge in [-0.1, -0.05) is 55.2 Å². The molecule has 0 heterocycles. The van der Waals surface area contributed by atoms with Crippen LogP contribution in [0, 0.1) is 17.0 Å². The number of benzene rings is 2. The average molecular weight is 531 g/mol. The van der Waals surface area contributed by atoms with Crippen LogP contribution in [0.1, 0.15) is 50.2 Å². The Labute approximate surface area is 217 Å². The van der Waals surface area contributed by atoms with Gasteiger partial charge in [0.1, 0.15) is 12.6 Å². The van der Waals surface area contributed by atoms with Crippen molar-refractivity contribution in [2.24, 2.45) is 0 Å². The van der Waals surface area contributed by atoms with E-state index >= 15 is 0 Å². The number of hydrogen-bond donors (Lipinski definition) is 1. The van der Waals surface area contributed by atoms with Crippen molar-refractivity contribution in [2.75, 3.05) is 17.1 Å². The number of carbonyl (C=O) groups is 2. The number of carbonyl (C=O) groups excluding carboxylic acids is 2. The Morgan fingerprint density at radius 1 is 1.11 bits per heavy atom. The van der Waals surface area contributed by atoms with Gasteiger partial charge in [-0.05, 0) is 38.3 Å². The molecule has 0 saturated heterocycles. The number of nitro groups is 1. The first-order valence-corrected chi connectivity index (χ1v) is 14.2. The maximum absolute atomic E-state index is 13.6. The third-order valence-electron chi connectivity index (χ3n) is 6.56. The quantitative estimate of drug-likeness (QED) is 0.369. The summed E-state index contributed by atoms with van der Waals surface area (Å²) in [5.41, 5.74) is 1.49. The molecule has 200 valence electrons. The molecule has 0 radical (unpaired) electrons. The van der Waals surface area contributed by atoms with Crippen molar-refractivity contribution < 1.29 is 22.9 Å². The smallest absolute Gasteiger partial charge is 0.271 e. The van der Waals surface area contributed by atoms with Crippen LogP contribution in [-0.2, 0) is 26.2 Å². The number of aryl methyl sites for hydroxylation is 1. The van der Waals surface area contributed by atoms with Crippen molar-refractivity contribution in [2.45, 2.75) is 64.6 Å². The lowest BCUT2D eigenvalue weighted by atomic mass is 9.95.